The first kappa shape index (κ1) is 13.9. The Labute approximate surface area is 92.2 Å². The Morgan fingerprint density at radius 3 is 2.73 bits per heavy atom. The van der Waals surface area contributed by atoms with Gasteiger partial charge in [-0.2, -0.15) is 0 Å². The van der Waals surface area contributed by atoms with E-state index in [0.29, 0.717) is 6.42 Å². The third-order valence-corrected chi connectivity index (χ3v) is 2.04. The average Bonchev–Trinajstić information content (AvgIpc) is 2.27. The molecule has 0 aromatic heterocycles. The molecular weight excluding hydrogens is 190 g/mol. The zero-order chi connectivity index (χ0) is 11.5. The number of methoxy groups -OCH3 is 1. The summed E-state index contributed by atoms with van der Waals surface area (Å²) in [7, 11) is 1.41. The van der Waals surface area contributed by atoms with Crippen molar-refractivity contribution in [1.29, 1.82) is 0 Å². The number of carbonyl (C=O) groups excluding carboxylic acids is 1. The maximum absolute atomic E-state index is 11.2. The lowest BCUT2D eigenvalue weighted by atomic mass is 10.2. The van der Waals surface area contributed by atoms with Gasteiger partial charge >= 0.3 is 5.97 Å². The molecule has 0 aliphatic rings. The van der Waals surface area contributed by atoms with Crippen molar-refractivity contribution in [2.45, 2.75) is 26.7 Å². The van der Waals surface area contributed by atoms with Crippen LogP contribution in [-0.4, -0.2) is 26.2 Å². The first-order chi connectivity index (χ1) is 7.26. The maximum atomic E-state index is 11.2. The fraction of sp³-hybridized carbons (Fsp3) is 0.583. The molecule has 0 aliphatic heterocycles. The highest BCUT2D eigenvalue weighted by atomic mass is 16.5. The number of allylic oxidation sites excluding steroid dienone is 1. The van der Waals surface area contributed by atoms with Crippen molar-refractivity contribution in [3.8, 4) is 0 Å². The van der Waals surface area contributed by atoms with Gasteiger partial charge in [0.1, 0.15) is 0 Å². The minimum atomic E-state index is -0.229. The van der Waals surface area contributed by atoms with Gasteiger partial charge in [-0.25, -0.2) is 4.79 Å². The zero-order valence-electron chi connectivity index (χ0n) is 9.88. The number of hydrogen-bond donors (Lipinski definition) is 1. The normalized spacial score (nSPS) is 12.1. The molecule has 0 rings (SSSR count). The van der Waals surface area contributed by atoms with E-state index in [1.54, 1.807) is 0 Å². The summed E-state index contributed by atoms with van der Waals surface area (Å²) in [6, 6.07) is 0. The monoisotopic (exact) mass is 211 g/mol. The van der Waals surface area contributed by atoms with E-state index in [9.17, 15) is 4.79 Å². The van der Waals surface area contributed by atoms with Crippen LogP contribution in [0.4, 0.5) is 0 Å². The fourth-order valence-electron chi connectivity index (χ4n) is 1.15. The number of esters is 1. The minimum absolute atomic E-state index is 0.229. The molecule has 3 nitrogen and oxygen atoms in total. The molecular formula is C12H21NO2. The van der Waals surface area contributed by atoms with E-state index in [2.05, 4.69) is 16.1 Å². The summed E-state index contributed by atoms with van der Waals surface area (Å²) < 4.78 is 4.65. The topological polar surface area (TPSA) is 38.3 Å². The number of ether oxygens (including phenoxy) is 1. The summed E-state index contributed by atoms with van der Waals surface area (Å²) in [4.78, 5) is 11.2. The molecule has 0 unspecified atom stereocenters. The van der Waals surface area contributed by atoms with Gasteiger partial charge in [0.15, 0.2) is 0 Å². The lowest BCUT2D eigenvalue weighted by molar-refractivity contribution is -0.136. The van der Waals surface area contributed by atoms with Crippen LogP contribution in [0.15, 0.2) is 23.8 Å². The van der Waals surface area contributed by atoms with E-state index in [-0.39, 0.29) is 5.97 Å². The van der Waals surface area contributed by atoms with Gasteiger partial charge in [-0.15, -0.1) is 0 Å². The van der Waals surface area contributed by atoms with Gasteiger partial charge in [0.05, 0.1) is 7.11 Å². The smallest absolute Gasteiger partial charge is 0.333 e. The Morgan fingerprint density at radius 1 is 1.47 bits per heavy atom. The van der Waals surface area contributed by atoms with Crippen LogP contribution in [0.25, 0.3) is 0 Å². The summed E-state index contributed by atoms with van der Waals surface area (Å²) in [5.74, 6) is -0.229. The van der Waals surface area contributed by atoms with Gasteiger partial charge in [0.2, 0.25) is 0 Å². The SMILES string of the molecule is C/C=C/CCNC/C=C(/CC)C(=O)OC. The summed E-state index contributed by atoms with van der Waals surface area (Å²) in [6.45, 7) is 5.60. The molecule has 0 amide bonds. The predicted molar refractivity (Wildman–Crippen MR) is 62.7 cm³/mol. The maximum Gasteiger partial charge on any atom is 0.333 e. The average molecular weight is 211 g/mol. The molecule has 86 valence electrons. The first-order valence-electron chi connectivity index (χ1n) is 5.35. The molecule has 0 heterocycles. The van der Waals surface area contributed by atoms with E-state index in [1.165, 1.54) is 7.11 Å². The fourth-order valence-corrected chi connectivity index (χ4v) is 1.15. The molecule has 0 aromatic carbocycles. The Kier molecular flexibility index (Phi) is 8.78. The number of carbonyl (C=O) groups is 1. The van der Waals surface area contributed by atoms with Crippen LogP contribution >= 0.6 is 0 Å². The molecule has 0 atom stereocenters. The largest absolute Gasteiger partial charge is 0.466 e. The highest BCUT2D eigenvalue weighted by Gasteiger charge is 2.04. The predicted octanol–water partition coefficient (Wildman–Crippen LogP) is 2.05. The second-order valence-corrected chi connectivity index (χ2v) is 3.14. The third-order valence-electron chi connectivity index (χ3n) is 2.04. The Morgan fingerprint density at radius 2 is 2.20 bits per heavy atom. The number of nitrogens with one attached hydrogen (secondary N) is 1. The van der Waals surface area contributed by atoms with Gasteiger partial charge in [-0.05, 0) is 26.3 Å². The van der Waals surface area contributed by atoms with Crippen molar-refractivity contribution < 1.29 is 9.53 Å². The second kappa shape index (κ2) is 9.46. The van der Waals surface area contributed by atoms with Crippen LogP contribution in [0, 0.1) is 0 Å². The van der Waals surface area contributed by atoms with Crippen molar-refractivity contribution in [3.63, 3.8) is 0 Å². The van der Waals surface area contributed by atoms with Crippen LogP contribution in [0.3, 0.4) is 0 Å². The van der Waals surface area contributed by atoms with E-state index in [4.69, 9.17) is 0 Å². The van der Waals surface area contributed by atoms with Crippen LogP contribution < -0.4 is 5.32 Å². The van der Waals surface area contributed by atoms with Gasteiger partial charge in [-0.1, -0.05) is 25.2 Å². The van der Waals surface area contributed by atoms with Gasteiger partial charge in [0, 0.05) is 12.1 Å². The molecule has 0 aromatic rings. The minimum Gasteiger partial charge on any atom is -0.466 e. The number of hydrogen-bond acceptors (Lipinski definition) is 3. The van der Waals surface area contributed by atoms with Crippen molar-refractivity contribution in [3.05, 3.63) is 23.8 Å². The highest BCUT2D eigenvalue weighted by Crippen LogP contribution is 2.01. The van der Waals surface area contributed by atoms with E-state index >= 15 is 0 Å². The van der Waals surface area contributed by atoms with E-state index in [1.807, 2.05) is 26.0 Å². The van der Waals surface area contributed by atoms with E-state index < -0.39 is 0 Å². The summed E-state index contributed by atoms with van der Waals surface area (Å²) in [5, 5.41) is 3.23. The molecule has 0 radical (unpaired) electrons. The van der Waals surface area contributed by atoms with Crippen LogP contribution in [-0.2, 0) is 9.53 Å². The molecule has 0 saturated heterocycles. The van der Waals surface area contributed by atoms with Gasteiger partial charge in [-0.3, -0.25) is 0 Å². The third kappa shape index (κ3) is 6.91. The van der Waals surface area contributed by atoms with Crippen molar-refractivity contribution in [1.82, 2.24) is 5.32 Å². The summed E-state index contributed by atoms with van der Waals surface area (Å²) in [6.07, 6.45) is 7.76. The first-order valence-corrected chi connectivity index (χ1v) is 5.35. The van der Waals surface area contributed by atoms with Crippen molar-refractivity contribution in [2.24, 2.45) is 0 Å². The lowest BCUT2D eigenvalue weighted by Gasteiger charge is -2.03. The molecule has 0 spiro atoms. The van der Waals surface area contributed by atoms with E-state index in [0.717, 1.165) is 25.1 Å². The lowest BCUT2D eigenvalue weighted by Crippen LogP contribution is -2.16. The second-order valence-electron chi connectivity index (χ2n) is 3.14. The zero-order valence-corrected chi connectivity index (χ0v) is 9.88. The number of rotatable bonds is 7. The van der Waals surface area contributed by atoms with Crippen LogP contribution in [0.5, 0.6) is 0 Å². The quantitative estimate of drug-likeness (QED) is 0.303. The summed E-state index contributed by atoms with van der Waals surface area (Å²) in [5.41, 5.74) is 0.732. The van der Waals surface area contributed by atoms with Gasteiger partial charge < -0.3 is 10.1 Å². The Bertz CT molecular complexity index is 232. The molecule has 0 saturated carbocycles. The van der Waals surface area contributed by atoms with Crippen LogP contribution in [0.1, 0.15) is 26.7 Å². The highest BCUT2D eigenvalue weighted by molar-refractivity contribution is 5.88. The van der Waals surface area contributed by atoms with Gasteiger partial charge in [0.25, 0.3) is 0 Å². The molecule has 3 heteroatoms. The molecule has 0 bridgehead atoms. The standard InChI is InChI=1S/C12H21NO2/c1-4-6-7-9-13-10-8-11(5-2)12(14)15-3/h4,6,8,13H,5,7,9-10H2,1-3H3/b6-4+,11-8-. The van der Waals surface area contributed by atoms with Crippen molar-refractivity contribution in [2.75, 3.05) is 20.2 Å². The van der Waals surface area contributed by atoms with Crippen molar-refractivity contribution >= 4 is 5.97 Å². The Hall–Kier alpha value is -1.09. The molecule has 0 aliphatic carbocycles. The molecule has 0 fully saturated rings. The molecule has 1 N–H and O–H groups in total. The Balaban J connectivity index is 3.76. The van der Waals surface area contributed by atoms with Crippen LogP contribution in [0.2, 0.25) is 0 Å². The summed E-state index contributed by atoms with van der Waals surface area (Å²) >= 11 is 0. The molecule has 15 heavy (non-hydrogen) atoms.